The number of unbranched alkanes of at least 4 members (excludes halogenated alkanes) is 1. The summed E-state index contributed by atoms with van der Waals surface area (Å²) < 4.78 is 15.5. The van der Waals surface area contributed by atoms with Crippen LogP contribution in [0.15, 0.2) is 30.3 Å². The van der Waals surface area contributed by atoms with Crippen molar-refractivity contribution in [2.24, 2.45) is 0 Å². The molecule has 0 saturated carbocycles. The molecular formula is C21H33N3O7. The first-order valence-corrected chi connectivity index (χ1v) is 10.2. The molecule has 1 aromatic carbocycles. The minimum atomic E-state index is -0.918. The van der Waals surface area contributed by atoms with E-state index < -0.39 is 30.1 Å². The van der Waals surface area contributed by atoms with Crippen LogP contribution in [0.4, 0.5) is 14.4 Å². The van der Waals surface area contributed by atoms with Crippen LogP contribution in [0.2, 0.25) is 0 Å². The molecule has 0 spiro atoms. The minimum Gasteiger partial charge on any atom is -0.445 e. The lowest BCUT2D eigenvalue weighted by molar-refractivity contribution is 0.0268. The van der Waals surface area contributed by atoms with Crippen LogP contribution in [-0.2, 0) is 20.8 Å². The van der Waals surface area contributed by atoms with E-state index in [1.807, 2.05) is 30.3 Å². The number of carbonyl (C=O) groups is 3. The maximum Gasteiger partial charge on any atom is 0.410 e. The fourth-order valence-electron chi connectivity index (χ4n) is 2.35. The van der Waals surface area contributed by atoms with Gasteiger partial charge in [0.15, 0.2) is 6.23 Å². The number of benzene rings is 1. The fourth-order valence-corrected chi connectivity index (χ4v) is 2.35. The first-order valence-electron chi connectivity index (χ1n) is 10.2. The molecule has 1 aromatic rings. The number of rotatable bonds is 11. The summed E-state index contributed by atoms with van der Waals surface area (Å²) in [5.41, 5.74) is 0.197. The van der Waals surface area contributed by atoms with E-state index in [1.165, 1.54) is 0 Å². The molecule has 0 fully saturated rings. The summed E-state index contributed by atoms with van der Waals surface area (Å²) in [6.45, 7) is 5.52. The zero-order valence-corrected chi connectivity index (χ0v) is 18.3. The highest BCUT2D eigenvalue weighted by Crippen LogP contribution is 2.09. The highest BCUT2D eigenvalue weighted by Gasteiger charge is 2.21. The molecule has 0 bridgehead atoms. The number of hydrogen-bond donors (Lipinski definition) is 4. The maximum absolute atomic E-state index is 12.0. The lowest BCUT2D eigenvalue weighted by Crippen LogP contribution is -2.43. The van der Waals surface area contributed by atoms with Crippen molar-refractivity contribution in [3.05, 3.63) is 35.9 Å². The van der Waals surface area contributed by atoms with Crippen LogP contribution in [0.1, 0.15) is 45.6 Å². The van der Waals surface area contributed by atoms with E-state index in [4.69, 9.17) is 19.3 Å². The van der Waals surface area contributed by atoms with Crippen molar-refractivity contribution in [1.29, 1.82) is 0 Å². The third-order valence-corrected chi connectivity index (χ3v) is 3.68. The molecule has 3 amide bonds. The van der Waals surface area contributed by atoms with Crippen LogP contribution >= 0.6 is 0 Å². The summed E-state index contributed by atoms with van der Waals surface area (Å²) in [4.78, 5) is 35.4. The Bertz CT molecular complexity index is 677. The van der Waals surface area contributed by atoms with Gasteiger partial charge in [-0.15, -0.1) is 0 Å². The monoisotopic (exact) mass is 439 g/mol. The molecule has 1 atom stereocenters. The van der Waals surface area contributed by atoms with Crippen molar-refractivity contribution in [3.63, 3.8) is 0 Å². The van der Waals surface area contributed by atoms with Gasteiger partial charge in [0, 0.05) is 19.5 Å². The van der Waals surface area contributed by atoms with Crippen LogP contribution in [0.25, 0.3) is 0 Å². The molecule has 0 aliphatic heterocycles. The molecule has 4 N–H and O–H groups in total. The van der Waals surface area contributed by atoms with Crippen molar-refractivity contribution in [2.75, 3.05) is 19.7 Å². The summed E-state index contributed by atoms with van der Waals surface area (Å²) in [6.07, 6.45) is -1.48. The van der Waals surface area contributed by atoms with E-state index >= 15 is 0 Å². The van der Waals surface area contributed by atoms with Gasteiger partial charge in [-0.1, -0.05) is 30.3 Å². The molecule has 0 aliphatic carbocycles. The minimum absolute atomic E-state index is 0.0347. The number of hydrogen-bond acceptors (Lipinski definition) is 7. The van der Waals surface area contributed by atoms with Crippen molar-refractivity contribution in [1.82, 2.24) is 16.0 Å². The van der Waals surface area contributed by atoms with E-state index in [2.05, 4.69) is 16.0 Å². The molecule has 0 aliphatic rings. The summed E-state index contributed by atoms with van der Waals surface area (Å²) in [6, 6.07) is 9.34. The maximum atomic E-state index is 12.0. The van der Waals surface area contributed by atoms with Crippen molar-refractivity contribution in [3.8, 4) is 0 Å². The van der Waals surface area contributed by atoms with E-state index in [-0.39, 0.29) is 19.8 Å². The first kappa shape index (κ1) is 26.0. The topological polar surface area (TPSA) is 135 Å². The first-order chi connectivity index (χ1) is 14.7. The second kappa shape index (κ2) is 14.1. The number of carbonyl (C=O) groups excluding carboxylic acids is 3. The lowest BCUT2D eigenvalue weighted by Gasteiger charge is -2.23. The SMILES string of the molecule is CC(C)(C)OC(=O)N[C@@H](CCCCNC(=O)OCc1ccccc1)OC(=O)NCCO. The van der Waals surface area contributed by atoms with Gasteiger partial charge in [-0.25, -0.2) is 14.4 Å². The quantitative estimate of drug-likeness (QED) is 0.236. The fraction of sp³-hybridized carbons (Fsp3) is 0.571. The molecule has 1 rings (SSSR count). The summed E-state index contributed by atoms with van der Waals surface area (Å²) >= 11 is 0. The van der Waals surface area contributed by atoms with Gasteiger partial charge in [-0.3, -0.25) is 5.32 Å². The summed E-state index contributed by atoms with van der Waals surface area (Å²) in [7, 11) is 0. The van der Waals surface area contributed by atoms with Gasteiger partial charge in [0.1, 0.15) is 12.2 Å². The molecule has 31 heavy (non-hydrogen) atoms. The van der Waals surface area contributed by atoms with E-state index in [0.29, 0.717) is 25.8 Å². The van der Waals surface area contributed by atoms with Gasteiger partial charge in [0.2, 0.25) is 0 Å². The Morgan fingerprint density at radius 2 is 1.65 bits per heavy atom. The molecule has 10 nitrogen and oxygen atoms in total. The van der Waals surface area contributed by atoms with Gasteiger partial charge in [0.25, 0.3) is 0 Å². The van der Waals surface area contributed by atoms with Gasteiger partial charge in [-0.2, -0.15) is 0 Å². The molecule has 0 heterocycles. The highest BCUT2D eigenvalue weighted by atomic mass is 16.6. The van der Waals surface area contributed by atoms with Crippen LogP contribution in [0.5, 0.6) is 0 Å². The number of nitrogens with one attached hydrogen (secondary N) is 3. The molecule has 0 aromatic heterocycles. The molecule has 0 radical (unpaired) electrons. The Morgan fingerprint density at radius 1 is 0.968 bits per heavy atom. The van der Waals surface area contributed by atoms with Crippen molar-refractivity contribution >= 4 is 18.3 Å². The molecule has 174 valence electrons. The predicted molar refractivity (Wildman–Crippen MR) is 113 cm³/mol. The number of aliphatic hydroxyl groups is 1. The van der Waals surface area contributed by atoms with Crippen molar-refractivity contribution in [2.45, 2.75) is 58.5 Å². The Kier molecular flexibility index (Phi) is 11.8. The zero-order valence-electron chi connectivity index (χ0n) is 18.3. The van der Waals surface area contributed by atoms with Gasteiger partial charge < -0.3 is 30.0 Å². The highest BCUT2D eigenvalue weighted by molar-refractivity contribution is 5.70. The second-order valence-corrected chi connectivity index (χ2v) is 7.67. The predicted octanol–water partition coefficient (Wildman–Crippen LogP) is 2.65. The largest absolute Gasteiger partial charge is 0.445 e. The van der Waals surface area contributed by atoms with Crippen LogP contribution in [0, 0.1) is 0 Å². The Labute approximate surface area is 182 Å². The van der Waals surface area contributed by atoms with Crippen LogP contribution in [-0.4, -0.2) is 54.9 Å². The number of aliphatic hydroxyl groups excluding tert-OH is 1. The average molecular weight is 440 g/mol. The molecule has 0 saturated heterocycles. The van der Waals surface area contributed by atoms with E-state index in [0.717, 1.165) is 5.56 Å². The Morgan fingerprint density at radius 3 is 2.29 bits per heavy atom. The van der Waals surface area contributed by atoms with Gasteiger partial charge >= 0.3 is 18.3 Å². The molecule has 10 heteroatoms. The molecular weight excluding hydrogens is 406 g/mol. The molecule has 0 unspecified atom stereocenters. The number of amides is 3. The lowest BCUT2D eigenvalue weighted by atomic mass is 10.2. The second-order valence-electron chi connectivity index (χ2n) is 7.67. The van der Waals surface area contributed by atoms with E-state index in [9.17, 15) is 14.4 Å². The normalized spacial score (nSPS) is 11.7. The standard InChI is InChI=1S/C21H33N3O7/c1-21(2,3)31-20(28)24-17(30-19(27)23-13-14-25)11-7-8-12-22-18(26)29-15-16-9-5-4-6-10-16/h4-6,9-10,17,25H,7-8,11-15H2,1-3H3,(H,22,26)(H,23,27)(H,24,28)/t17-/m1/s1. The summed E-state index contributed by atoms with van der Waals surface area (Å²) in [5.74, 6) is 0. The Hall–Kier alpha value is -3.01. The number of ether oxygens (including phenoxy) is 3. The summed E-state index contributed by atoms with van der Waals surface area (Å²) in [5, 5.41) is 16.3. The van der Waals surface area contributed by atoms with Gasteiger partial charge in [-0.05, 0) is 39.2 Å². The third-order valence-electron chi connectivity index (χ3n) is 3.68. The van der Waals surface area contributed by atoms with E-state index in [1.54, 1.807) is 20.8 Å². The number of alkyl carbamates (subject to hydrolysis) is 3. The van der Waals surface area contributed by atoms with Crippen LogP contribution in [0.3, 0.4) is 0 Å². The van der Waals surface area contributed by atoms with Gasteiger partial charge in [0.05, 0.1) is 6.61 Å². The third kappa shape index (κ3) is 13.8. The Balaban J connectivity index is 2.34. The smallest absolute Gasteiger partial charge is 0.410 e. The average Bonchev–Trinajstić information content (AvgIpc) is 2.69. The van der Waals surface area contributed by atoms with Crippen LogP contribution < -0.4 is 16.0 Å². The zero-order chi connectivity index (χ0) is 23.1. The van der Waals surface area contributed by atoms with Crippen molar-refractivity contribution < 1.29 is 33.7 Å².